The molecule has 0 aromatic carbocycles. The number of sulfonamides is 2. The van der Waals surface area contributed by atoms with Crippen LogP contribution in [0, 0.1) is 0 Å². The summed E-state index contributed by atoms with van der Waals surface area (Å²) < 4.78 is 60.8. The van der Waals surface area contributed by atoms with Gasteiger partial charge in [0.25, 0.3) is 0 Å². The molecule has 0 radical (unpaired) electrons. The van der Waals surface area contributed by atoms with E-state index in [0.29, 0.717) is 26.4 Å². The molecule has 0 saturated carbocycles. The molecule has 0 unspecified atom stereocenters. The Balaban J connectivity index is 2.05. The number of hydrogen-bond donors (Lipinski definition) is 0. The van der Waals surface area contributed by atoms with Gasteiger partial charge in [0.15, 0.2) is 5.08 Å². The van der Waals surface area contributed by atoms with Crippen LogP contribution in [0.1, 0.15) is 0 Å². The van der Waals surface area contributed by atoms with Crippen LogP contribution in [0.3, 0.4) is 0 Å². The third-order valence-corrected chi connectivity index (χ3v) is 7.71. The van der Waals surface area contributed by atoms with E-state index in [1.165, 1.54) is 8.61 Å². The number of morpholine rings is 2. The van der Waals surface area contributed by atoms with Crippen LogP contribution in [0.5, 0.6) is 0 Å². The zero-order chi connectivity index (χ0) is 13.9. The lowest BCUT2D eigenvalue weighted by molar-refractivity contribution is 0.0720. The normalized spacial score (nSPS) is 24.4. The van der Waals surface area contributed by atoms with Crippen LogP contribution in [0.15, 0.2) is 0 Å². The van der Waals surface area contributed by atoms with Crippen LogP contribution in [-0.4, -0.2) is 83.1 Å². The van der Waals surface area contributed by atoms with Crippen molar-refractivity contribution in [2.45, 2.75) is 0 Å². The van der Waals surface area contributed by atoms with Gasteiger partial charge < -0.3 is 9.47 Å². The minimum absolute atomic E-state index is 0.209. The van der Waals surface area contributed by atoms with E-state index in [1.807, 2.05) is 0 Å². The second kappa shape index (κ2) is 6.02. The van der Waals surface area contributed by atoms with Crippen molar-refractivity contribution in [2.75, 3.05) is 57.7 Å². The van der Waals surface area contributed by atoms with E-state index in [2.05, 4.69) is 0 Å². The SMILES string of the molecule is O=S(=O)(CS(=O)(=O)N1CCOCC1)N1CCOCC1. The van der Waals surface area contributed by atoms with Crippen LogP contribution in [0.2, 0.25) is 0 Å². The molecule has 2 aliphatic heterocycles. The van der Waals surface area contributed by atoms with Crippen molar-refractivity contribution >= 4 is 20.0 Å². The highest BCUT2D eigenvalue weighted by molar-refractivity contribution is 8.05. The lowest BCUT2D eigenvalue weighted by atomic mass is 10.5. The first kappa shape index (κ1) is 15.1. The first-order valence-electron chi connectivity index (χ1n) is 6.03. The van der Waals surface area contributed by atoms with E-state index in [1.54, 1.807) is 0 Å². The van der Waals surface area contributed by atoms with Crippen molar-refractivity contribution < 1.29 is 26.3 Å². The van der Waals surface area contributed by atoms with Crippen LogP contribution in [0.4, 0.5) is 0 Å². The summed E-state index contributed by atoms with van der Waals surface area (Å²) in [7, 11) is -7.61. The Hall–Kier alpha value is -0.260. The topological polar surface area (TPSA) is 93.2 Å². The zero-order valence-electron chi connectivity index (χ0n) is 10.5. The molecule has 10 heteroatoms. The lowest BCUT2D eigenvalue weighted by Crippen LogP contribution is -2.47. The van der Waals surface area contributed by atoms with Crippen LogP contribution < -0.4 is 0 Å². The second-order valence-electron chi connectivity index (χ2n) is 4.36. The van der Waals surface area contributed by atoms with Crippen LogP contribution in [-0.2, 0) is 29.5 Å². The molecule has 0 N–H and O–H groups in total. The molecule has 0 aromatic heterocycles. The number of nitrogens with zero attached hydrogens (tertiary/aromatic N) is 2. The molecule has 8 nitrogen and oxygen atoms in total. The number of hydrogen-bond acceptors (Lipinski definition) is 6. The molecule has 112 valence electrons. The van der Waals surface area contributed by atoms with Crippen molar-refractivity contribution in [3.8, 4) is 0 Å². The molecular weight excluding hydrogens is 296 g/mol. The van der Waals surface area contributed by atoms with Crippen molar-refractivity contribution in [2.24, 2.45) is 0 Å². The molecule has 0 aromatic rings. The summed E-state index contributed by atoms with van der Waals surface area (Å²) in [5, 5.41) is -0.875. The quantitative estimate of drug-likeness (QED) is 0.612. The molecule has 2 saturated heterocycles. The maximum absolute atomic E-state index is 12.1. The molecule has 2 heterocycles. The summed E-state index contributed by atoms with van der Waals surface area (Å²) in [5.41, 5.74) is 0. The summed E-state index contributed by atoms with van der Waals surface area (Å²) >= 11 is 0. The largest absolute Gasteiger partial charge is 0.379 e. The standard InChI is InChI=1S/C9H18N2O6S2/c12-18(13,10-1-5-16-6-2-10)9-19(14,15)11-3-7-17-8-4-11/h1-9H2. The van der Waals surface area contributed by atoms with E-state index in [0.717, 1.165) is 0 Å². The third kappa shape index (κ3) is 3.86. The monoisotopic (exact) mass is 314 g/mol. The molecule has 0 bridgehead atoms. The van der Waals surface area contributed by atoms with E-state index < -0.39 is 25.1 Å². The van der Waals surface area contributed by atoms with E-state index in [4.69, 9.17) is 9.47 Å². The van der Waals surface area contributed by atoms with Gasteiger partial charge in [0.05, 0.1) is 26.4 Å². The summed E-state index contributed by atoms with van der Waals surface area (Å²) in [4.78, 5) is 0. The maximum atomic E-state index is 12.1. The fraction of sp³-hybridized carbons (Fsp3) is 1.00. The van der Waals surface area contributed by atoms with Gasteiger partial charge in [-0.2, -0.15) is 8.61 Å². The van der Waals surface area contributed by atoms with Crippen molar-refractivity contribution in [3.63, 3.8) is 0 Å². The maximum Gasteiger partial charge on any atom is 0.230 e. The van der Waals surface area contributed by atoms with Gasteiger partial charge in [0.1, 0.15) is 0 Å². The predicted molar refractivity (Wildman–Crippen MR) is 67.5 cm³/mol. The smallest absolute Gasteiger partial charge is 0.230 e. The molecule has 2 rings (SSSR count). The highest BCUT2D eigenvalue weighted by atomic mass is 32.3. The molecule has 2 aliphatic rings. The average Bonchev–Trinajstić information content (AvgIpc) is 2.40. The minimum Gasteiger partial charge on any atom is -0.379 e. The molecule has 0 amide bonds. The number of ether oxygens (including phenoxy) is 2. The Labute approximate surface area is 113 Å². The average molecular weight is 314 g/mol. The molecule has 2 fully saturated rings. The van der Waals surface area contributed by atoms with Crippen molar-refractivity contribution in [1.82, 2.24) is 8.61 Å². The zero-order valence-corrected chi connectivity index (χ0v) is 12.2. The molecule has 0 aliphatic carbocycles. The fourth-order valence-electron chi connectivity index (χ4n) is 1.99. The summed E-state index contributed by atoms with van der Waals surface area (Å²) in [5.74, 6) is 0. The van der Waals surface area contributed by atoms with Gasteiger partial charge in [-0.25, -0.2) is 16.8 Å². The van der Waals surface area contributed by atoms with Gasteiger partial charge in [0.2, 0.25) is 20.0 Å². The summed E-state index contributed by atoms with van der Waals surface area (Å²) in [6, 6.07) is 0. The van der Waals surface area contributed by atoms with Gasteiger partial charge in [-0.15, -0.1) is 0 Å². The summed E-state index contributed by atoms with van der Waals surface area (Å²) in [6.07, 6.45) is 0. The Morgan fingerprint density at radius 1 is 0.684 bits per heavy atom. The van der Waals surface area contributed by atoms with Crippen molar-refractivity contribution in [3.05, 3.63) is 0 Å². The first-order chi connectivity index (χ1) is 8.92. The fourth-order valence-corrected chi connectivity index (χ4v) is 6.10. The van der Waals surface area contributed by atoms with E-state index in [9.17, 15) is 16.8 Å². The minimum atomic E-state index is -3.81. The third-order valence-electron chi connectivity index (χ3n) is 3.02. The molecule has 19 heavy (non-hydrogen) atoms. The molecule has 0 atom stereocenters. The lowest BCUT2D eigenvalue weighted by Gasteiger charge is -2.29. The second-order valence-corrected chi connectivity index (χ2v) is 8.67. The van der Waals surface area contributed by atoms with Crippen LogP contribution in [0.25, 0.3) is 0 Å². The van der Waals surface area contributed by atoms with Gasteiger partial charge in [-0.1, -0.05) is 0 Å². The van der Waals surface area contributed by atoms with Gasteiger partial charge >= 0.3 is 0 Å². The van der Waals surface area contributed by atoms with E-state index in [-0.39, 0.29) is 26.2 Å². The highest BCUT2D eigenvalue weighted by Gasteiger charge is 2.34. The highest BCUT2D eigenvalue weighted by Crippen LogP contribution is 2.13. The molecular formula is C9H18N2O6S2. The predicted octanol–water partition coefficient (Wildman–Crippen LogP) is -1.73. The Morgan fingerprint density at radius 3 is 1.32 bits per heavy atom. The van der Waals surface area contributed by atoms with Gasteiger partial charge in [-0.05, 0) is 0 Å². The number of rotatable bonds is 4. The van der Waals surface area contributed by atoms with Crippen LogP contribution >= 0.6 is 0 Å². The van der Waals surface area contributed by atoms with E-state index >= 15 is 0 Å². The first-order valence-corrected chi connectivity index (χ1v) is 9.25. The van der Waals surface area contributed by atoms with Gasteiger partial charge in [0, 0.05) is 26.2 Å². The molecule has 0 spiro atoms. The Kier molecular flexibility index (Phi) is 4.79. The Morgan fingerprint density at radius 2 is 1.00 bits per heavy atom. The van der Waals surface area contributed by atoms with Gasteiger partial charge in [-0.3, -0.25) is 0 Å². The van der Waals surface area contributed by atoms with Crippen molar-refractivity contribution in [1.29, 1.82) is 0 Å². The summed E-state index contributed by atoms with van der Waals surface area (Å²) in [6.45, 7) is 2.05. The Bertz CT molecular complexity index is 445.